The number of benzene rings is 1. The molecular formula is C19H32FIN4O. The number of rotatable bonds is 8. The van der Waals surface area contributed by atoms with Crippen LogP contribution < -0.4 is 10.2 Å². The Kier molecular flexibility index (Phi) is 10.9. The number of ether oxygens (including phenoxy) is 1. The van der Waals surface area contributed by atoms with Crippen LogP contribution in [0.15, 0.2) is 29.3 Å². The molecule has 0 aliphatic carbocycles. The number of hydrogen-bond acceptors (Lipinski definition) is 3. The Morgan fingerprint density at radius 1 is 1.42 bits per heavy atom. The fraction of sp³-hybridized carbons (Fsp3) is 0.632. The van der Waals surface area contributed by atoms with Crippen molar-refractivity contribution in [3.8, 4) is 0 Å². The summed E-state index contributed by atoms with van der Waals surface area (Å²) in [5, 5.41) is 3.38. The SMILES string of the molecule is CCNC(=NCCCN(C)c1ccccc1F)N1CCC(COC)C1.I. The lowest BCUT2D eigenvalue weighted by Crippen LogP contribution is -2.40. The van der Waals surface area contributed by atoms with Crippen molar-refractivity contribution in [1.29, 1.82) is 0 Å². The van der Waals surface area contributed by atoms with Crippen molar-refractivity contribution in [2.45, 2.75) is 19.8 Å². The number of anilines is 1. The average molecular weight is 478 g/mol. The summed E-state index contributed by atoms with van der Waals surface area (Å²) in [5.74, 6) is 1.39. The summed E-state index contributed by atoms with van der Waals surface area (Å²) in [6, 6.07) is 6.88. The van der Waals surface area contributed by atoms with Crippen molar-refractivity contribution < 1.29 is 9.13 Å². The molecule has 148 valence electrons. The molecule has 1 aromatic rings. The summed E-state index contributed by atoms with van der Waals surface area (Å²) < 4.78 is 19.1. The second-order valence-electron chi connectivity index (χ2n) is 6.52. The van der Waals surface area contributed by atoms with Gasteiger partial charge >= 0.3 is 0 Å². The van der Waals surface area contributed by atoms with E-state index < -0.39 is 0 Å². The highest BCUT2D eigenvalue weighted by molar-refractivity contribution is 14.0. The van der Waals surface area contributed by atoms with E-state index in [1.807, 2.05) is 24.1 Å². The van der Waals surface area contributed by atoms with E-state index in [9.17, 15) is 4.39 Å². The van der Waals surface area contributed by atoms with Crippen LogP contribution >= 0.6 is 24.0 Å². The third-order valence-corrected chi connectivity index (χ3v) is 4.50. The molecule has 5 nitrogen and oxygen atoms in total. The van der Waals surface area contributed by atoms with Crippen LogP contribution in [0.1, 0.15) is 19.8 Å². The molecule has 1 unspecified atom stereocenters. The molecule has 0 radical (unpaired) electrons. The first kappa shape index (κ1) is 23.0. The van der Waals surface area contributed by atoms with Crippen molar-refractivity contribution in [3.05, 3.63) is 30.1 Å². The lowest BCUT2D eigenvalue weighted by Gasteiger charge is -2.22. The van der Waals surface area contributed by atoms with Crippen LogP contribution in [0, 0.1) is 11.7 Å². The van der Waals surface area contributed by atoms with Crippen molar-refractivity contribution in [2.24, 2.45) is 10.9 Å². The van der Waals surface area contributed by atoms with Crippen LogP contribution in [-0.2, 0) is 4.74 Å². The lowest BCUT2D eigenvalue weighted by atomic mass is 10.1. The summed E-state index contributed by atoms with van der Waals surface area (Å²) >= 11 is 0. The molecular weight excluding hydrogens is 446 g/mol. The fourth-order valence-corrected chi connectivity index (χ4v) is 3.20. The van der Waals surface area contributed by atoms with Gasteiger partial charge in [-0.05, 0) is 31.9 Å². The maximum atomic E-state index is 13.8. The number of para-hydroxylation sites is 1. The first-order valence-electron chi connectivity index (χ1n) is 9.13. The summed E-state index contributed by atoms with van der Waals surface area (Å²) in [7, 11) is 3.68. The summed E-state index contributed by atoms with van der Waals surface area (Å²) in [4.78, 5) is 9.01. The summed E-state index contributed by atoms with van der Waals surface area (Å²) in [6.45, 7) is 7.28. The number of methoxy groups -OCH3 is 1. The molecule has 2 rings (SSSR count). The van der Waals surface area contributed by atoms with Crippen molar-refractivity contribution >= 4 is 35.6 Å². The Bertz CT molecular complexity index is 558. The highest BCUT2D eigenvalue weighted by Gasteiger charge is 2.24. The van der Waals surface area contributed by atoms with E-state index in [4.69, 9.17) is 9.73 Å². The summed E-state index contributed by atoms with van der Waals surface area (Å²) in [6.07, 6.45) is 2.03. The van der Waals surface area contributed by atoms with Gasteiger partial charge in [-0.15, -0.1) is 24.0 Å². The van der Waals surface area contributed by atoms with Gasteiger partial charge in [-0.3, -0.25) is 4.99 Å². The predicted octanol–water partition coefficient (Wildman–Crippen LogP) is 3.20. The van der Waals surface area contributed by atoms with E-state index in [0.717, 1.165) is 58.1 Å². The van der Waals surface area contributed by atoms with Crippen LogP contribution in [0.2, 0.25) is 0 Å². The second kappa shape index (κ2) is 12.3. The van der Waals surface area contributed by atoms with Gasteiger partial charge in [0, 0.05) is 52.8 Å². The molecule has 1 saturated heterocycles. The van der Waals surface area contributed by atoms with E-state index in [1.54, 1.807) is 13.2 Å². The minimum absolute atomic E-state index is 0. The van der Waals surface area contributed by atoms with Gasteiger partial charge in [0.05, 0.1) is 12.3 Å². The Hall–Kier alpha value is -1.09. The molecule has 1 fully saturated rings. The maximum Gasteiger partial charge on any atom is 0.193 e. The number of nitrogens with one attached hydrogen (secondary N) is 1. The van der Waals surface area contributed by atoms with Gasteiger partial charge in [-0.2, -0.15) is 0 Å². The average Bonchev–Trinajstić information content (AvgIpc) is 3.06. The first-order chi connectivity index (χ1) is 12.2. The largest absolute Gasteiger partial charge is 0.384 e. The minimum Gasteiger partial charge on any atom is -0.384 e. The molecule has 26 heavy (non-hydrogen) atoms. The quantitative estimate of drug-likeness (QED) is 0.270. The maximum absolute atomic E-state index is 13.8. The highest BCUT2D eigenvalue weighted by atomic mass is 127. The van der Waals surface area contributed by atoms with Gasteiger partial charge in [0.1, 0.15) is 5.82 Å². The Morgan fingerprint density at radius 2 is 2.19 bits per heavy atom. The molecule has 1 heterocycles. The zero-order valence-electron chi connectivity index (χ0n) is 16.1. The molecule has 1 aliphatic rings. The molecule has 1 atom stereocenters. The second-order valence-corrected chi connectivity index (χ2v) is 6.52. The third-order valence-electron chi connectivity index (χ3n) is 4.50. The van der Waals surface area contributed by atoms with Gasteiger partial charge in [-0.1, -0.05) is 12.1 Å². The van der Waals surface area contributed by atoms with E-state index in [1.165, 1.54) is 6.07 Å². The number of likely N-dealkylation sites (tertiary alicyclic amines) is 1. The minimum atomic E-state index is -0.178. The van der Waals surface area contributed by atoms with E-state index >= 15 is 0 Å². The number of halogens is 2. The van der Waals surface area contributed by atoms with Gasteiger partial charge in [0.2, 0.25) is 0 Å². The zero-order valence-corrected chi connectivity index (χ0v) is 18.4. The van der Waals surface area contributed by atoms with E-state index in [0.29, 0.717) is 11.6 Å². The van der Waals surface area contributed by atoms with Crippen LogP contribution in [0.5, 0.6) is 0 Å². The van der Waals surface area contributed by atoms with Crippen molar-refractivity contribution in [2.75, 3.05) is 58.4 Å². The van der Waals surface area contributed by atoms with Crippen LogP contribution in [0.3, 0.4) is 0 Å². The number of guanidine groups is 1. The number of nitrogens with zero attached hydrogens (tertiary/aromatic N) is 3. The van der Waals surface area contributed by atoms with E-state index in [2.05, 4.69) is 17.1 Å². The van der Waals surface area contributed by atoms with Gasteiger partial charge in [0.15, 0.2) is 5.96 Å². The van der Waals surface area contributed by atoms with Crippen molar-refractivity contribution in [3.63, 3.8) is 0 Å². The molecule has 1 aliphatic heterocycles. The molecule has 0 spiro atoms. The van der Waals surface area contributed by atoms with E-state index in [-0.39, 0.29) is 29.8 Å². The predicted molar refractivity (Wildman–Crippen MR) is 117 cm³/mol. The highest BCUT2D eigenvalue weighted by Crippen LogP contribution is 2.18. The topological polar surface area (TPSA) is 40.1 Å². The Balaban J connectivity index is 0.00000338. The zero-order chi connectivity index (χ0) is 18.1. The van der Waals surface area contributed by atoms with Gasteiger partial charge in [-0.25, -0.2) is 4.39 Å². The van der Waals surface area contributed by atoms with Gasteiger partial charge < -0.3 is 19.9 Å². The third kappa shape index (κ3) is 6.90. The Labute approximate surface area is 174 Å². The summed E-state index contributed by atoms with van der Waals surface area (Å²) in [5.41, 5.74) is 0.639. The molecule has 1 aromatic carbocycles. The standard InChI is InChI=1S/C19H31FN4O.HI/c1-4-21-19(24-13-10-16(14-24)15-25-3)22-11-7-12-23(2)18-9-6-5-8-17(18)20;/h5-6,8-9,16H,4,7,10-15H2,1-3H3,(H,21,22);1H. The molecule has 1 N–H and O–H groups in total. The molecule has 0 amide bonds. The van der Waals surface area contributed by atoms with Crippen LogP contribution in [0.4, 0.5) is 10.1 Å². The fourth-order valence-electron chi connectivity index (χ4n) is 3.20. The Morgan fingerprint density at radius 3 is 2.88 bits per heavy atom. The van der Waals surface area contributed by atoms with Crippen molar-refractivity contribution in [1.82, 2.24) is 10.2 Å². The first-order valence-corrected chi connectivity index (χ1v) is 9.13. The van der Waals surface area contributed by atoms with Gasteiger partial charge in [0.25, 0.3) is 0 Å². The van der Waals surface area contributed by atoms with Crippen LogP contribution in [0.25, 0.3) is 0 Å². The number of aliphatic imine (C=N–C) groups is 1. The molecule has 7 heteroatoms. The van der Waals surface area contributed by atoms with Crippen LogP contribution in [-0.4, -0.2) is 64.3 Å². The normalized spacial score (nSPS) is 17.2. The lowest BCUT2D eigenvalue weighted by molar-refractivity contribution is 0.157. The monoisotopic (exact) mass is 478 g/mol. The molecule has 0 aromatic heterocycles. The number of hydrogen-bond donors (Lipinski definition) is 1. The molecule has 0 bridgehead atoms. The smallest absolute Gasteiger partial charge is 0.193 e. The molecule has 0 saturated carbocycles.